The zero-order valence-electron chi connectivity index (χ0n) is 10.5. The van der Waals surface area contributed by atoms with Crippen LogP contribution < -0.4 is 0 Å². The van der Waals surface area contributed by atoms with Crippen LogP contribution in [0.2, 0.25) is 0 Å². The Morgan fingerprint density at radius 3 is 2.63 bits per heavy atom. The second kappa shape index (κ2) is 6.52. The number of hydrogen-bond donors (Lipinski definition) is 0. The van der Waals surface area contributed by atoms with E-state index < -0.39 is 0 Å². The van der Waals surface area contributed by atoms with Gasteiger partial charge >= 0.3 is 0 Å². The lowest BCUT2D eigenvalue weighted by Gasteiger charge is -2.25. The van der Waals surface area contributed by atoms with E-state index >= 15 is 0 Å². The Morgan fingerprint density at radius 1 is 1.42 bits per heavy atom. The maximum atomic E-state index is 12.6. The summed E-state index contributed by atoms with van der Waals surface area (Å²) >= 11 is 10.0. The highest BCUT2D eigenvalue weighted by molar-refractivity contribution is 9.13. The second-order valence-electron chi connectivity index (χ2n) is 4.34. The highest BCUT2D eigenvalue weighted by Gasteiger charge is 2.22. The fourth-order valence-electron chi connectivity index (χ4n) is 1.65. The van der Waals surface area contributed by atoms with E-state index in [0.29, 0.717) is 6.54 Å². The van der Waals surface area contributed by atoms with Gasteiger partial charge < -0.3 is 4.90 Å². The van der Waals surface area contributed by atoms with E-state index in [0.717, 1.165) is 13.1 Å². The van der Waals surface area contributed by atoms with Crippen LogP contribution in [0.15, 0.2) is 31.8 Å². The summed E-state index contributed by atoms with van der Waals surface area (Å²) < 4.78 is 1.89. The number of carbonyl (C=O) groups excluding carboxylic acids is 1. The molecule has 102 valence electrons. The third-order valence-electron chi connectivity index (χ3n) is 2.65. The van der Waals surface area contributed by atoms with Gasteiger partial charge in [0.05, 0.1) is 15.2 Å². The van der Waals surface area contributed by atoms with Crippen molar-refractivity contribution in [2.75, 3.05) is 0 Å². The van der Waals surface area contributed by atoms with E-state index in [1.165, 1.54) is 16.2 Å². The minimum Gasteiger partial charge on any atom is -0.330 e. The number of rotatable bonds is 4. The minimum absolute atomic E-state index is 0.0831. The van der Waals surface area contributed by atoms with Gasteiger partial charge in [-0.2, -0.15) is 0 Å². The monoisotopic (exact) mass is 421 g/mol. The third-order valence-corrected chi connectivity index (χ3v) is 6.75. The molecule has 19 heavy (non-hydrogen) atoms. The number of hydrogen-bond acceptors (Lipinski definition) is 3. The molecule has 0 unspecified atom stereocenters. The van der Waals surface area contributed by atoms with Gasteiger partial charge in [-0.3, -0.25) is 4.79 Å². The Morgan fingerprint density at radius 2 is 2.16 bits per heavy atom. The molecule has 0 aliphatic heterocycles. The largest absolute Gasteiger partial charge is 0.330 e. The van der Waals surface area contributed by atoms with Crippen molar-refractivity contribution in [2.45, 2.75) is 26.4 Å². The molecule has 0 bridgehead atoms. The zero-order chi connectivity index (χ0) is 14.0. The summed E-state index contributed by atoms with van der Waals surface area (Å²) in [6.45, 7) is 4.76. The predicted molar refractivity (Wildman–Crippen MR) is 89.0 cm³/mol. The molecule has 2 aromatic heterocycles. The minimum atomic E-state index is 0.0831. The molecule has 2 nitrogen and oxygen atoms in total. The van der Waals surface area contributed by atoms with E-state index in [9.17, 15) is 4.79 Å². The molecule has 0 spiro atoms. The van der Waals surface area contributed by atoms with Gasteiger partial charge in [0.1, 0.15) is 0 Å². The first-order valence-corrected chi connectivity index (χ1v) is 9.05. The number of thiophene rings is 2. The summed E-state index contributed by atoms with van der Waals surface area (Å²) in [7, 11) is 0. The van der Waals surface area contributed by atoms with Crippen LogP contribution in [0.5, 0.6) is 0 Å². The van der Waals surface area contributed by atoms with E-state index in [1.807, 2.05) is 36.3 Å². The first-order chi connectivity index (χ1) is 8.99. The molecular weight excluding hydrogens is 410 g/mol. The molecule has 0 radical (unpaired) electrons. The third kappa shape index (κ3) is 3.68. The maximum absolute atomic E-state index is 12.6. The SMILES string of the molecule is CC(C)N(Cc1cccs1)C(=O)c1cc(Br)c(Br)s1. The highest BCUT2D eigenvalue weighted by atomic mass is 79.9. The van der Waals surface area contributed by atoms with Crippen LogP contribution in [0.4, 0.5) is 0 Å². The molecule has 2 rings (SSSR count). The average Bonchev–Trinajstić information content (AvgIpc) is 2.96. The van der Waals surface area contributed by atoms with Gasteiger partial charge in [-0.1, -0.05) is 6.07 Å². The Bertz CT molecular complexity index is 544. The number of halogens is 2. The van der Waals surface area contributed by atoms with Gasteiger partial charge in [-0.25, -0.2) is 0 Å². The van der Waals surface area contributed by atoms with Gasteiger partial charge in [0, 0.05) is 15.4 Å². The van der Waals surface area contributed by atoms with Gasteiger partial charge in [0.15, 0.2) is 0 Å². The molecule has 0 aliphatic carbocycles. The van der Waals surface area contributed by atoms with E-state index in [-0.39, 0.29) is 11.9 Å². The van der Waals surface area contributed by atoms with Gasteiger partial charge in [0.2, 0.25) is 0 Å². The maximum Gasteiger partial charge on any atom is 0.264 e. The van der Waals surface area contributed by atoms with Crippen molar-refractivity contribution in [1.29, 1.82) is 0 Å². The first-order valence-electron chi connectivity index (χ1n) is 5.77. The summed E-state index contributed by atoms with van der Waals surface area (Å²) in [4.78, 5) is 16.4. The van der Waals surface area contributed by atoms with Crippen molar-refractivity contribution in [1.82, 2.24) is 4.90 Å². The molecule has 2 aromatic rings. The lowest BCUT2D eigenvalue weighted by Crippen LogP contribution is -2.35. The lowest BCUT2D eigenvalue weighted by atomic mass is 10.2. The van der Waals surface area contributed by atoms with E-state index in [4.69, 9.17) is 0 Å². The molecule has 1 amide bonds. The molecule has 6 heteroatoms. The summed E-state index contributed by atoms with van der Waals surface area (Å²) in [5, 5.41) is 2.04. The molecule has 2 heterocycles. The van der Waals surface area contributed by atoms with E-state index in [2.05, 4.69) is 37.9 Å². The van der Waals surface area contributed by atoms with Crippen LogP contribution in [0.25, 0.3) is 0 Å². The van der Waals surface area contributed by atoms with Crippen LogP contribution in [0.3, 0.4) is 0 Å². The summed E-state index contributed by atoms with van der Waals surface area (Å²) in [6, 6.07) is 6.13. The fourth-order valence-corrected chi connectivity index (χ4v) is 4.35. The number of amides is 1. The Kier molecular flexibility index (Phi) is 5.22. The average molecular weight is 423 g/mol. The first kappa shape index (κ1) is 15.2. The Labute approximate surface area is 137 Å². The van der Waals surface area contributed by atoms with Crippen LogP contribution >= 0.6 is 54.5 Å². The fraction of sp³-hybridized carbons (Fsp3) is 0.308. The molecule has 0 saturated carbocycles. The van der Waals surface area contributed by atoms with Crippen LogP contribution in [-0.4, -0.2) is 16.8 Å². The molecule has 0 aliphatic rings. The van der Waals surface area contributed by atoms with Crippen molar-refractivity contribution >= 4 is 60.4 Å². The second-order valence-corrected chi connectivity index (χ2v) is 8.60. The molecule has 0 atom stereocenters. The standard InChI is InChI=1S/C13H13Br2NOS2/c1-8(2)16(7-9-4-3-5-18-9)13(17)11-6-10(14)12(15)19-11/h3-6,8H,7H2,1-2H3. The van der Waals surface area contributed by atoms with Crippen LogP contribution in [0, 0.1) is 0 Å². The summed E-state index contributed by atoms with van der Waals surface area (Å²) in [5.74, 6) is 0.0831. The highest BCUT2D eigenvalue weighted by Crippen LogP contribution is 2.33. The van der Waals surface area contributed by atoms with Crippen molar-refractivity contribution in [3.8, 4) is 0 Å². The van der Waals surface area contributed by atoms with Crippen molar-refractivity contribution in [2.24, 2.45) is 0 Å². The van der Waals surface area contributed by atoms with Crippen LogP contribution in [-0.2, 0) is 6.54 Å². The van der Waals surface area contributed by atoms with E-state index in [1.54, 1.807) is 11.3 Å². The topological polar surface area (TPSA) is 20.3 Å². The smallest absolute Gasteiger partial charge is 0.264 e. The quantitative estimate of drug-likeness (QED) is 0.647. The summed E-state index contributed by atoms with van der Waals surface area (Å²) in [5.41, 5.74) is 0. The van der Waals surface area contributed by atoms with Crippen molar-refractivity contribution in [3.05, 3.63) is 41.6 Å². The Balaban J connectivity index is 2.21. The molecule has 0 N–H and O–H groups in total. The predicted octanol–water partition coefficient (Wildman–Crippen LogP) is 5.39. The number of carbonyl (C=O) groups is 1. The van der Waals surface area contributed by atoms with Crippen LogP contribution in [0.1, 0.15) is 28.4 Å². The van der Waals surface area contributed by atoms with Crippen molar-refractivity contribution in [3.63, 3.8) is 0 Å². The lowest BCUT2D eigenvalue weighted by molar-refractivity contribution is 0.0697. The molecule has 0 fully saturated rings. The zero-order valence-corrected chi connectivity index (χ0v) is 15.3. The molecular formula is C13H13Br2NOS2. The van der Waals surface area contributed by atoms with Gasteiger partial charge in [-0.05, 0) is 63.2 Å². The number of nitrogens with zero attached hydrogens (tertiary/aromatic N) is 1. The molecule has 0 saturated heterocycles. The molecule has 0 aromatic carbocycles. The summed E-state index contributed by atoms with van der Waals surface area (Å²) in [6.07, 6.45) is 0. The van der Waals surface area contributed by atoms with Gasteiger partial charge in [0.25, 0.3) is 5.91 Å². The van der Waals surface area contributed by atoms with Gasteiger partial charge in [-0.15, -0.1) is 22.7 Å². The Hall–Kier alpha value is -0.170. The normalized spacial score (nSPS) is 11.0. The van der Waals surface area contributed by atoms with Crippen molar-refractivity contribution < 1.29 is 4.79 Å².